The molecule has 160 valence electrons. The standard InChI is InChI=1S/C18H29FN4O3S.HI/c1-14(26-17-8-4-7-16(19)11-17)12-22-18(20-2)21-9-10-27(24,25)23-13-15-5-3-6-15;/h4,7-8,11,14-15,23H,3,5-6,9-10,12-13H2,1-2H3,(H2,20,21,22);1H. The molecular formula is C18H30FIN4O3S. The van der Waals surface area contributed by atoms with Gasteiger partial charge in [0, 0.05) is 26.2 Å². The lowest BCUT2D eigenvalue weighted by molar-refractivity contribution is 0.223. The average molecular weight is 528 g/mol. The lowest BCUT2D eigenvalue weighted by atomic mass is 9.86. The first kappa shape index (κ1) is 24.9. The fraction of sp³-hybridized carbons (Fsp3) is 0.611. The smallest absolute Gasteiger partial charge is 0.213 e. The number of hydrogen-bond acceptors (Lipinski definition) is 4. The van der Waals surface area contributed by atoms with E-state index in [2.05, 4.69) is 20.3 Å². The maximum absolute atomic E-state index is 13.2. The molecule has 0 spiro atoms. The molecule has 0 saturated heterocycles. The molecule has 0 bridgehead atoms. The molecule has 1 aromatic rings. The number of rotatable bonds is 10. The van der Waals surface area contributed by atoms with E-state index in [-0.39, 0.29) is 48.2 Å². The molecular weight excluding hydrogens is 498 g/mol. The van der Waals surface area contributed by atoms with Crippen LogP contribution in [0.4, 0.5) is 4.39 Å². The minimum atomic E-state index is -3.29. The topological polar surface area (TPSA) is 91.8 Å². The van der Waals surface area contributed by atoms with Gasteiger partial charge in [0.25, 0.3) is 0 Å². The highest BCUT2D eigenvalue weighted by molar-refractivity contribution is 14.0. The third kappa shape index (κ3) is 9.37. The summed E-state index contributed by atoms with van der Waals surface area (Å²) < 4.78 is 45.4. The molecule has 0 amide bonds. The number of nitrogens with one attached hydrogen (secondary N) is 3. The lowest BCUT2D eigenvalue weighted by Gasteiger charge is -2.25. The van der Waals surface area contributed by atoms with Gasteiger partial charge in [0.1, 0.15) is 17.7 Å². The minimum absolute atomic E-state index is 0. The maximum atomic E-state index is 13.2. The highest BCUT2D eigenvalue weighted by Crippen LogP contribution is 2.25. The molecule has 1 aliphatic rings. The van der Waals surface area contributed by atoms with Crippen LogP contribution in [0.15, 0.2) is 29.3 Å². The number of guanidine groups is 1. The second-order valence-electron chi connectivity index (χ2n) is 6.73. The zero-order valence-corrected chi connectivity index (χ0v) is 19.4. The van der Waals surface area contributed by atoms with E-state index >= 15 is 0 Å². The van der Waals surface area contributed by atoms with Crippen molar-refractivity contribution in [2.24, 2.45) is 10.9 Å². The van der Waals surface area contributed by atoms with Crippen LogP contribution >= 0.6 is 24.0 Å². The van der Waals surface area contributed by atoms with Crippen molar-refractivity contribution in [2.75, 3.05) is 32.4 Å². The van der Waals surface area contributed by atoms with E-state index < -0.39 is 10.0 Å². The fourth-order valence-electron chi connectivity index (χ4n) is 2.59. The van der Waals surface area contributed by atoms with E-state index in [1.165, 1.54) is 18.6 Å². The van der Waals surface area contributed by atoms with Crippen molar-refractivity contribution in [3.8, 4) is 5.75 Å². The van der Waals surface area contributed by atoms with Crippen LogP contribution in [0.1, 0.15) is 26.2 Å². The summed E-state index contributed by atoms with van der Waals surface area (Å²) >= 11 is 0. The van der Waals surface area contributed by atoms with E-state index in [1.54, 1.807) is 19.2 Å². The van der Waals surface area contributed by atoms with Gasteiger partial charge in [-0.25, -0.2) is 17.5 Å². The second kappa shape index (κ2) is 12.4. The number of sulfonamides is 1. The Morgan fingerprint density at radius 2 is 2.11 bits per heavy atom. The third-order valence-corrected chi connectivity index (χ3v) is 5.74. The van der Waals surface area contributed by atoms with E-state index in [0.29, 0.717) is 30.7 Å². The molecule has 1 aliphatic carbocycles. The molecule has 1 atom stereocenters. The van der Waals surface area contributed by atoms with Crippen molar-refractivity contribution < 1.29 is 17.5 Å². The lowest BCUT2D eigenvalue weighted by Crippen LogP contribution is -2.44. The van der Waals surface area contributed by atoms with Crippen LogP contribution in [0.25, 0.3) is 0 Å². The molecule has 1 unspecified atom stereocenters. The van der Waals surface area contributed by atoms with Crippen LogP contribution in [-0.2, 0) is 10.0 Å². The van der Waals surface area contributed by atoms with Crippen molar-refractivity contribution >= 4 is 40.0 Å². The Labute approximate surface area is 184 Å². The van der Waals surface area contributed by atoms with E-state index in [0.717, 1.165) is 12.8 Å². The second-order valence-corrected chi connectivity index (χ2v) is 8.66. The Morgan fingerprint density at radius 3 is 2.71 bits per heavy atom. The number of aliphatic imine (C=N–C) groups is 1. The first-order chi connectivity index (χ1) is 12.9. The summed E-state index contributed by atoms with van der Waals surface area (Å²) in [6.45, 7) is 3.06. The molecule has 3 N–H and O–H groups in total. The van der Waals surface area contributed by atoms with Gasteiger partial charge in [0.15, 0.2) is 5.96 Å². The van der Waals surface area contributed by atoms with Gasteiger partial charge in [-0.05, 0) is 37.8 Å². The van der Waals surface area contributed by atoms with E-state index in [1.807, 2.05) is 6.92 Å². The Hall–Kier alpha value is -1.14. The van der Waals surface area contributed by atoms with E-state index in [9.17, 15) is 12.8 Å². The summed E-state index contributed by atoms with van der Waals surface area (Å²) in [5.41, 5.74) is 0. The van der Waals surface area contributed by atoms with Crippen LogP contribution in [0, 0.1) is 11.7 Å². The normalized spacial score (nSPS) is 15.9. The molecule has 0 radical (unpaired) electrons. The van der Waals surface area contributed by atoms with Crippen molar-refractivity contribution in [1.29, 1.82) is 0 Å². The van der Waals surface area contributed by atoms with Gasteiger partial charge in [-0.1, -0.05) is 12.5 Å². The minimum Gasteiger partial charge on any atom is -0.489 e. The van der Waals surface area contributed by atoms with Crippen molar-refractivity contribution in [1.82, 2.24) is 15.4 Å². The van der Waals surface area contributed by atoms with Crippen LogP contribution in [0.5, 0.6) is 5.75 Å². The van der Waals surface area contributed by atoms with Gasteiger partial charge in [0.2, 0.25) is 10.0 Å². The number of benzene rings is 1. The van der Waals surface area contributed by atoms with E-state index in [4.69, 9.17) is 4.74 Å². The number of hydrogen-bond donors (Lipinski definition) is 3. The Kier molecular flexibility index (Phi) is 11.1. The van der Waals surface area contributed by atoms with Crippen LogP contribution in [0.3, 0.4) is 0 Å². The molecule has 7 nitrogen and oxygen atoms in total. The summed E-state index contributed by atoms with van der Waals surface area (Å²) in [6.07, 6.45) is 3.18. The predicted molar refractivity (Wildman–Crippen MR) is 120 cm³/mol. The summed E-state index contributed by atoms with van der Waals surface area (Å²) in [6, 6.07) is 5.96. The highest BCUT2D eigenvalue weighted by Gasteiger charge is 2.20. The Morgan fingerprint density at radius 1 is 1.36 bits per heavy atom. The molecule has 0 heterocycles. The first-order valence-electron chi connectivity index (χ1n) is 9.22. The van der Waals surface area contributed by atoms with Gasteiger partial charge < -0.3 is 15.4 Å². The SMILES string of the molecule is CN=C(NCCS(=O)(=O)NCC1CCC1)NCC(C)Oc1cccc(F)c1.I. The van der Waals surface area contributed by atoms with Gasteiger partial charge in [0.05, 0.1) is 12.3 Å². The zero-order chi connectivity index (χ0) is 19.7. The Balaban J connectivity index is 0.00000392. The number of nitrogens with zero attached hydrogens (tertiary/aromatic N) is 1. The molecule has 10 heteroatoms. The highest BCUT2D eigenvalue weighted by atomic mass is 127. The largest absolute Gasteiger partial charge is 0.489 e. The summed E-state index contributed by atoms with van der Waals surface area (Å²) in [5.74, 6) is 1.06. The molecule has 0 aromatic heterocycles. The maximum Gasteiger partial charge on any atom is 0.213 e. The zero-order valence-electron chi connectivity index (χ0n) is 16.3. The van der Waals surface area contributed by atoms with Gasteiger partial charge in [-0.3, -0.25) is 4.99 Å². The van der Waals surface area contributed by atoms with Crippen molar-refractivity contribution in [3.05, 3.63) is 30.1 Å². The number of halogens is 2. The molecule has 1 fully saturated rings. The van der Waals surface area contributed by atoms with Gasteiger partial charge >= 0.3 is 0 Å². The van der Waals surface area contributed by atoms with Crippen LogP contribution < -0.4 is 20.1 Å². The predicted octanol–water partition coefficient (Wildman–Crippen LogP) is 2.10. The number of ether oxygens (including phenoxy) is 1. The van der Waals surface area contributed by atoms with Gasteiger partial charge in [-0.2, -0.15) is 0 Å². The average Bonchev–Trinajstić information content (AvgIpc) is 2.56. The summed E-state index contributed by atoms with van der Waals surface area (Å²) in [4.78, 5) is 4.06. The first-order valence-corrected chi connectivity index (χ1v) is 10.9. The van der Waals surface area contributed by atoms with Crippen molar-refractivity contribution in [2.45, 2.75) is 32.3 Å². The molecule has 28 heavy (non-hydrogen) atoms. The molecule has 1 aromatic carbocycles. The fourth-order valence-corrected chi connectivity index (χ4v) is 3.60. The van der Waals surface area contributed by atoms with Crippen molar-refractivity contribution in [3.63, 3.8) is 0 Å². The quantitative estimate of drug-likeness (QED) is 0.246. The summed E-state index contributed by atoms with van der Waals surface area (Å²) in [5, 5.41) is 6.04. The van der Waals surface area contributed by atoms with Crippen LogP contribution in [0.2, 0.25) is 0 Å². The molecule has 1 saturated carbocycles. The monoisotopic (exact) mass is 528 g/mol. The summed E-state index contributed by atoms with van der Waals surface area (Å²) in [7, 11) is -1.68. The Bertz CT molecular complexity index is 729. The van der Waals surface area contributed by atoms with Crippen LogP contribution in [-0.4, -0.2) is 52.9 Å². The molecule has 2 rings (SSSR count). The van der Waals surface area contributed by atoms with Gasteiger partial charge in [-0.15, -0.1) is 24.0 Å². The third-order valence-electron chi connectivity index (χ3n) is 4.39. The molecule has 0 aliphatic heterocycles.